The molecular formula is C30H26ClN5O4S. The molecule has 0 unspecified atom stereocenters. The van der Waals surface area contributed by atoms with Gasteiger partial charge in [0.25, 0.3) is 0 Å². The van der Waals surface area contributed by atoms with E-state index < -0.39 is 5.79 Å². The second-order valence-electron chi connectivity index (χ2n) is 9.81. The average Bonchev–Trinajstić information content (AvgIpc) is 3.58. The van der Waals surface area contributed by atoms with E-state index in [1.165, 1.54) is 11.8 Å². The number of anilines is 1. The van der Waals surface area contributed by atoms with Gasteiger partial charge in [0.2, 0.25) is 11.6 Å². The van der Waals surface area contributed by atoms with Gasteiger partial charge < -0.3 is 24.4 Å². The first-order chi connectivity index (χ1) is 19.7. The molecule has 1 fully saturated rings. The Morgan fingerprint density at radius 1 is 1.22 bits per heavy atom. The minimum Gasteiger partial charge on any atom is -0.491 e. The van der Waals surface area contributed by atoms with Gasteiger partial charge in [-0.05, 0) is 62.2 Å². The van der Waals surface area contributed by atoms with Crippen molar-refractivity contribution in [3.05, 3.63) is 82.0 Å². The smallest absolute Gasteiger partial charge is 0.236 e. The lowest BCUT2D eigenvalue weighted by Crippen LogP contribution is -2.25. The highest BCUT2D eigenvalue weighted by Crippen LogP contribution is 2.42. The molecule has 1 aliphatic rings. The van der Waals surface area contributed by atoms with E-state index in [4.69, 9.17) is 42.5 Å². The molecule has 2 aromatic carbocycles. The Morgan fingerprint density at radius 2 is 1.98 bits per heavy atom. The average molecular weight is 588 g/mol. The van der Waals surface area contributed by atoms with Crippen LogP contribution in [-0.2, 0) is 15.2 Å². The number of nitrogen functional groups attached to an aromatic ring is 1. The number of rotatable bonds is 8. The summed E-state index contributed by atoms with van der Waals surface area (Å²) in [6, 6.07) is 14.9. The highest BCUT2D eigenvalue weighted by Gasteiger charge is 2.33. The van der Waals surface area contributed by atoms with E-state index in [0.29, 0.717) is 57.5 Å². The molecule has 0 amide bonds. The van der Waals surface area contributed by atoms with Crippen LogP contribution in [0.3, 0.4) is 0 Å². The van der Waals surface area contributed by atoms with Crippen LogP contribution in [0.2, 0.25) is 5.02 Å². The number of nitriles is 1. The normalized spacial score (nSPS) is 15.8. The van der Waals surface area contributed by atoms with Gasteiger partial charge in [-0.3, -0.25) is 0 Å². The summed E-state index contributed by atoms with van der Waals surface area (Å²) in [5.41, 5.74) is 10.1. The molecular weight excluding hydrogens is 562 g/mol. The summed E-state index contributed by atoms with van der Waals surface area (Å²) in [7, 11) is 0. The molecule has 2 N–H and O–H groups in total. The van der Waals surface area contributed by atoms with E-state index in [1.807, 2.05) is 32.9 Å². The lowest BCUT2D eigenvalue weighted by Gasteiger charge is -2.17. The van der Waals surface area contributed by atoms with Crippen LogP contribution in [0, 0.1) is 24.8 Å². The maximum Gasteiger partial charge on any atom is 0.236 e. The fraction of sp³-hybridized carbons (Fsp3) is 0.267. The number of hydrogen-bond donors (Lipinski definition) is 1. The maximum atomic E-state index is 10.1. The molecule has 0 spiro atoms. The Bertz CT molecular complexity index is 1670. The Labute approximate surface area is 247 Å². The molecule has 2 aromatic heterocycles. The van der Waals surface area contributed by atoms with Crippen LogP contribution in [-0.4, -0.2) is 35.1 Å². The number of aryl methyl sites for hydroxylation is 1. The van der Waals surface area contributed by atoms with Gasteiger partial charge in [-0.25, -0.2) is 14.8 Å². The van der Waals surface area contributed by atoms with Crippen LogP contribution < -0.4 is 10.5 Å². The summed E-state index contributed by atoms with van der Waals surface area (Å²) in [4.78, 5) is 12.5. The lowest BCUT2D eigenvalue weighted by atomic mass is 10.00. The fourth-order valence-corrected chi connectivity index (χ4v) is 5.34. The predicted molar refractivity (Wildman–Crippen MR) is 157 cm³/mol. The summed E-state index contributed by atoms with van der Waals surface area (Å²) in [6.45, 7) is 14.1. The van der Waals surface area contributed by atoms with E-state index in [2.05, 4.69) is 20.9 Å². The van der Waals surface area contributed by atoms with E-state index in [9.17, 15) is 5.26 Å². The number of thioether (sulfide) groups is 1. The van der Waals surface area contributed by atoms with Crippen molar-refractivity contribution in [2.24, 2.45) is 0 Å². The van der Waals surface area contributed by atoms with Gasteiger partial charge >= 0.3 is 0 Å². The highest BCUT2D eigenvalue weighted by atomic mass is 35.5. The number of halogens is 1. The van der Waals surface area contributed by atoms with Crippen molar-refractivity contribution in [1.29, 1.82) is 5.26 Å². The van der Waals surface area contributed by atoms with Gasteiger partial charge in [0, 0.05) is 21.9 Å². The molecule has 4 aromatic rings. The summed E-state index contributed by atoms with van der Waals surface area (Å²) >= 11 is 7.43. The van der Waals surface area contributed by atoms with Crippen molar-refractivity contribution < 1.29 is 18.6 Å². The standard InChI is InChI=1S/C30H26ClN5O4S/c1-17-11-19(7-10-24(17)31)28-35-20(13-38-28)16-41-29-23(12-32)25(26(34-4)27(33)36-29)18-5-8-21(9-6-18)37-14-22-15-39-30(2,3)40-22/h5-11,13,22H,14-16H2,1-3H3,(H2,33,36)/t22-/m1/s1. The second-order valence-corrected chi connectivity index (χ2v) is 11.2. The van der Waals surface area contributed by atoms with Crippen LogP contribution in [0.5, 0.6) is 5.75 Å². The van der Waals surface area contributed by atoms with Crippen LogP contribution >= 0.6 is 23.4 Å². The summed E-state index contributed by atoms with van der Waals surface area (Å²) < 4.78 is 22.9. The molecule has 9 nitrogen and oxygen atoms in total. The Kier molecular flexibility index (Phi) is 8.20. The molecule has 3 heterocycles. The molecule has 5 rings (SSSR count). The molecule has 0 radical (unpaired) electrons. The third kappa shape index (κ3) is 6.32. The largest absolute Gasteiger partial charge is 0.491 e. The maximum absolute atomic E-state index is 10.1. The van der Waals surface area contributed by atoms with Crippen molar-refractivity contribution in [3.63, 3.8) is 0 Å². The van der Waals surface area contributed by atoms with Gasteiger partial charge in [0.1, 0.15) is 41.6 Å². The summed E-state index contributed by atoms with van der Waals surface area (Å²) in [5, 5.41) is 11.2. The SMILES string of the molecule is [C-]#[N+]c1c(N)nc(SCc2coc(-c3ccc(Cl)c(C)c3)n2)c(C#N)c1-c1ccc(OC[C@@H]2COC(C)(C)O2)cc1. The molecule has 41 heavy (non-hydrogen) atoms. The first-order valence-corrected chi connectivity index (χ1v) is 14.0. The first kappa shape index (κ1) is 28.5. The van der Waals surface area contributed by atoms with E-state index in [-0.39, 0.29) is 23.2 Å². The highest BCUT2D eigenvalue weighted by molar-refractivity contribution is 7.98. The molecule has 11 heteroatoms. The van der Waals surface area contributed by atoms with Crippen LogP contribution in [0.4, 0.5) is 11.5 Å². The quantitative estimate of drug-likeness (QED) is 0.168. The number of aromatic nitrogens is 2. The predicted octanol–water partition coefficient (Wildman–Crippen LogP) is 7.19. The van der Waals surface area contributed by atoms with Crippen molar-refractivity contribution in [3.8, 4) is 34.4 Å². The monoisotopic (exact) mass is 587 g/mol. The minimum absolute atomic E-state index is 0.0512. The molecule has 1 aliphatic heterocycles. The van der Waals surface area contributed by atoms with Crippen molar-refractivity contribution >= 4 is 34.9 Å². The Balaban J connectivity index is 1.35. The van der Waals surface area contributed by atoms with Crippen molar-refractivity contribution in [2.45, 2.75) is 43.4 Å². The molecule has 0 saturated carbocycles. The molecule has 0 aliphatic carbocycles. The molecule has 1 atom stereocenters. The summed E-state index contributed by atoms with van der Waals surface area (Å²) in [6.07, 6.45) is 1.40. The summed E-state index contributed by atoms with van der Waals surface area (Å²) in [5.74, 6) is 0.903. The molecule has 1 saturated heterocycles. The lowest BCUT2D eigenvalue weighted by molar-refractivity contribution is -0.141. The number of oxazole rings is 1. The number of hydrogen-bond acceptors (Lipinski definition) is 9. The van der Waals surface area contributed by atoms with Crippen LogP contribution in [0.25, 0.3) is 27.4 Å². The number of benzene rings is 2. The third-order valence-corrected chi connectivity index (χ3v) is 7.78. The Hall–Kier alpha value is -4.06. The number of nitrogens with zero attached hydrogens (tertiary/aromatic N) is 4. The topological polar surface area (TPSA) is 121 Å². The van der Waals surface area contributed by atoms with Crippen molar-refractivity contribution in [2.75, 3.05) is 18.9 Å². The number of nitrogens with two attached hydrogens (primary N) is 1. The second kappa shape index (κ2) is 11.8. The zero-order valence-electron chi connectivity index (χ0n) is 22.6. The van der Waals surface area contributed by atoms with E-state index in [0.717, 1.165) is 11.1 Å². The van der Waals surface area contributed by atoms with Gasteiger partial charge in [-0.15, -0.1) is 0 Å². The van der Waals surface area contributed by atoms with Crippen LogP contribution in [0.15, 0.2) is 58.2 Å². The third-order valence-electron chi connectivity index (χ3n) is 6.35. The van der Waals surface area contributed by atoms with Gasteiger partial charge in [0.15, 0.2) is 5.79 Å². The zero-order valence-corrected chi connectivity index (χ0v) is 24.2. The minimum atomic E-state index is -0.621. The fourth-order valence-electron chi connectivity index (χ4n) is 4.35. The van der Waals surface area contributed by atoms with E-state index >= 15 is 0 Å². The molecule has 208 valence electrons. The Morgan fingerprint density at radius 3 is 2.63 bits per heavy atom. The van der Waals surface area contributed by atoms with Gasteiger partial charge in [0.05, 0.1) is 24.4 Å². The molecule has 0 bridgehead atoms. The zero-order chi connectivity index (χ0) is 29.1. The van der Waals surface area contributed by atoms with E-state index in [1.54, 1.807) is 36.6 Å². The number of pyridine rings is 1. The number of ether oxygens (including phenoxy) is 3. The van der Waals surface area contributed by atoms with Crippen molar-refractivity contribution in [1.82, 2.24) is 9.97 Å². The van der Waals surface area contributed by atoms with Gasteiger partial charge in [-0.1, -0.05) is 35.5 Å². The van der Waals surface area contributed by atoms with Crippen LogP contribution in [0.1, 0.15) is 30.7 Å². The van der Waals surface area contributed by atoms with Gasteiger partial charge in [-0.2, -0.15) is 5.26 Å². The first-order valence-electron chi connectivity index (χ1n) is 12.7.